The van der Waals surface area contributed by atoms with Gasteiger partial charge in [-0.3, -0.25) is 15.5 Å². The summed E-state index contributed by atoms with van der Waals surface area (Å²) in [7, 11) is 2.11. The molecule has 0 aromatic heterocycles. The van der Waals surface area contributed by atoms with E-state index in [2.05, 4.69) is 22.6 Å². The van der Waals surface area contributed by atoms with E-state index in [4.69, 9.17) is 14.2 Å². The molecule has 34 heavy (non-hydrogen) atoms. The molecule has 6 heteroatoms. The van der Waals surface area contributed by atoms with E-state index in [-0.39, 0.29) is 18.7 Å². The summed E-state index contributed by atoms with van der Waals surface area (Å²) in [6, 6.07) is 29.9. The van der Waals surface area contributed by atoms with E-state index >= 15 is 0 Å². The first-order valence-corrected chi connectivity index (χ1v) is 12.1. The summed E-state index contributed by atoms with van der Waals surface area (Å²) >= 11 is 0. The lowest BCUT2D eigenvalue weighted by Gasteiger charge is -2.32. The predicted octanol–water partition coefficient (Wildman–Crippen LogP) is 4.50. The number of ether oxygens (including phenoxy) is 3. The minimum Gasteiger partial charge on any atom is -0.475 e. The van der Waals surface area contributed by atoms with Crippen molar-refractivity contribution < 1.29 is 14.2 Å². The van der Waals surface area contributed by atoms with Crippen LogP contribution in [-0.2, 0) is 0 Å². The van der Waals surface area contributed by atoms with Gasteiger partial charge < -0.3 is 14.2 Å². The molecular weight excluding hydrogens is 426 g/mol. The van der Waals surface area contributed by atoms with Crippen LogP contribution >= 0.6 is 0 Å². The van der Waals surface area contributed by atoms with Gasteiger partial charge in [-0.25, -0.2) is 0 Å². The summed E-state index contributed by atoms with van der Waals surface area (Å²) in [4.78, 5) is 2.26. The molecule has 0 spiro atoms. The fourth-order valence-corrected chi connectivity index (χ4v) is 3.97. The van der Waals surface area contributed by atoms with Crippen LogP contribution in [0.1, 0.15) is 19.3 Å². The molecular formula is C28H35N3O3. The Labute approximate surface area is 202 Å². The van der Waals surface area contributed by atoms with Gasteiger partial charge >= 0.3 is 0 Å². The highest BCUT2D eigenvalue weighted by Gasteiger charge is 2.22. The minimum atomic E-state index is -0.116. The number of rotatable bonds is 6. The second-order valence-electron chi connectivity index (χ2n) is 8.48. The van der Waals surface area contributed by atoms with E-state index in [0.29, 0.717) is 0 Å². The molecule has 3 atom stereocenters. The van der Waals surface area contributed by atoms with Crippen LogP contribution in [0.5, 0.6) is 17.2 Å². The Morgan fingerprint density at radius 3 is 1.56 bits per heavy atom. The zero-order valence-electron chi connectivity index (χ0n) is 19.8. The van der Waals surface area contributed by atoms with Crippen LogP contribution < -0.4 is 24.8 Å². The third-order valence-electron chi connectivity index (χ3n) is 5.84. The maximum Gasteiger partial charge on any atom is 0.153 e. The highest BCUT2D eigenvalue weighted by atomic mass is 16.5. The van der Waals surface area contributed by atoms with Crippen LogP contribution in [0.2, 0.25) is 0 Å². The number of nitrogens with one attached hydrogen (secondary N) is 2. The van der Waals surface area contributed by atoms with Crippen LogP contribution in [0.15, 0.2) is 91.0 Å². The van der Waals surface area contributed by atoms with Crippen molar-refractivity contribution in [1.29, 1.82) is 0 Å². The Kier molecular flexibility index (Phi) is 9.20. The number of hydrogen-bond donors (Lipinski definition) is 2. The Morgan fingerprint density at radius 2 is 1.03 bits per heavy atom. The Hall–Kier alpha value is -3.06. The van der Waals surface area contributed by atoms with Gasteiger partial charge in [-0.1, -0.05) is 54.6 Å². The molecule has 3 aromatic carbocycles. The molecule has 2 N–H and O–H groups in total. The first-order valence-electron chi connectivity index (χ1n) is 12.1. The number of hydrogen-bond acceptors (Lipinski definition) is 6. The largest absolute Gasteiger partial charge is 0.475 e. The lowest BCUT2D eigenvalue weighted by atomic mass is 10.2. The van der Waals surface area contributed by atoms with Gasteiger partial charge in [-0.15, -0.1) is 0 Å². The summed E-state index contributed by atoms with van der Waals surface area (Å²) < 4.78 is 18.9. The predicted molar refractivity (Wildman–Crippen MR) is 135 cm³/mol. The lowest BCUT2D eigenvalue weighted by Crippen LogP contribution is -2.47. The third-order valence-corrected chi connectivity index (χ3v) is 5.84. The van der Waals surface area contributed by atoms with Gasteiger partial charge in [0.2, 0.25) is 0 Å². The molecule has 1 aliphatic heterocycles. The average molecular weight is 462 g/mol. The van der Waals surface area contributed by atoms with Crippen LogP contribution in [0.4, 0.5) is 0 Å². The third kappa shape index (κ3) is 7.76. The van der Waals surface area contributed by atoms with Gasteiger partial charge in [-0.05, 0) is 43.4 Å². The minimum absolute atomic E-state index is 0.0657. The van der Waals surface area contributed by atoms with Crippen LogP contribution in [0.3, 0.4) is 0 Å². The van der Waals surface area contributed by atoms with E-state index < -0.39 is 0 Å². The van der Waals surface area contributed by atoms with Crippen molar-refractivity contribution in [3.05, 3.63) is 91.0 Å². The zero-order valence-corrected chi connectivity index (χ0v) is 19.8. The number of benzene rings is 3. The van der Waals surface area contributed by atoms with Gasteiger partial charge in [-0.2, -0.15) is 0 Å². The maximum absolute atomic E-state index is 6.36. The van der Waals surface area contributed by atoms with E-state index in [0.717, 1.165) is 56.1 Å². The highest BCUT2D eigenvalue weighted by molar-refractivity contribution is 5.22. The molecule has 1 saturated heterocycles. The van der Waals surface area contributed by atoms with Gasteiger partial charge in [0, 0.05) is 38.9 Å². The summed E-state index contributed by atoms with van der Waals surface area (Å²) in [5, 5.41) is 7.15. The standard InChI is InChI=1S/C28H35N3O3/c1-31-22-19-27(33-24-13-7-3-8-14-24)29-20-17-26(32-23-11-5-2-6-12-23)30-21-18-28(31)34-25-15-9-4-10-16-25/h2-16,26-30H,17-22H2,1H3. The van der Waals surface area contributed by atoms with Crippen molar-refractivity contribution in [3.8, 4) is 17.2 Å². The van der Waals surface area contributed by atoms with Crippen LogP contribution in [-0.4, -0.2) is 50.3 Å². The molecule has 0 aliphatic carbocycles. The molecule has 6 nitrogen and oxygen atoms in total. The summed E-state index contributed by atoms with van der Waals surface area (Å²) in [5.74, 6) is 2.60. The van der Waals surface area contributed by atoms with Crippen LogP contribution in [0.25, 0.3) is 0 Å². The summed E-state index contributed by atoms with van der Waals surface area (Å²) in [5.41, 5.74) is 0. The fourth-order valence-electron chi connectivity index (χ4n) is 3.97. The number of para-hydroxylation sites is 3. The summed E-state index contributed by atoms with van der Waals surface area (Å²) in [6.45, 7) is 2.39. The summed E-state index contributed by atoms with van der Waals surface area (Å²) in [6.07, 6.45) is 2.18. The van der Waals surface area contributed by atoms with Gasteiger partial charge in [0.15, 0.2) is 18.7 Å². The van der Waals surface area contributed by atoms with Crippen LogP contribution in [0, 0.1) is 0 Å². The SMILES string of the molecule is CN1CCC(Oc2ccccc2)NCCC(Oc2ccccc2)NCCC1Oc1ccccc1. The van der Waals surface area contributed by atoms with E-state index in [1.165, 1.54) is 0 Å². The molecule has 1 aliphatic rings. The highest BCUT2D eigenvalue weighted by Crippen LogP contribution is 2.17. The second-order valence-corrected chi connectivity index (χ2v) is 8.48. The van der Waals surface area contributed by atoms with Crippen molar-refractivity contribution in [1.82, 2.24) is 15.5 Å². The smallest absolute Gasteiger partial charge is 0.153 e. The average Bonchev–Trinajstić information content (AvgIpc) is 2.87. The monoisotopic (exact) mass is 461 g/mol. The van der Waals surface area contributed by atoms with Crippen molar-refractivity contribution in [3.63, 3.8) is 0 Å². The van der Waals surface area contributed by atoms with Gasteiger partial charge in [0.1, 0.15) is 17.2 Å². The molecule has 3 unspecified atom stereocenters. The first-order chi connectivity index (χ1) is 16.8. The van der Waals surface area contributed by atoms with Gasteiger partial charge in [0.25, 0.3) is 0 Å². The molecule has 1 fully saturated rings. The Balaban J connectivity index is 1.46. The topological polar surface area (TPSA) is 55.0 Å². The zero-order chi connectivity index (χ0) is 23.4. The first kappa shape index (κ1) is 24.1. The molecule has 0 amide bonds. The Morgan fingerprint density at radius 1 is 0.588 bits per heavy atom. The van der Waals surface area contributed by atoms with Crippen molar-refractivity contribution in [2.45, 2.75) is 37.9 Å². The maximum atomic E-state index is 6.36. The Bertz CT molecular complexity index is 943. The lowest BCUT2D eigenvalue weighted by molar-refractivity contribution is 0.0202. The van der Waals surface area contributed by atoms with Crippen molar-refractivity contribution in [2.24, 2.45) is 0 Å². The van der Waals surface area contributed by atoms with Crippen molar-refractivity contribution >= 4 is 0 Å². The normalized spacial score (nSPS) is 22.7. The number of nitrogens with zero attached hydrogens (tertiary/aromatic N) is 1. The molecule has 4 rings (SSSR count). The second kappa shape index (κ2) is 13.0. The quantitative estimate of drug-likeness (QED) is 0.564. The van der Waals surface area contributed by atoms with E-state index in [1.807, 2.05) is 91.0 Å². The molecule has 1 heterocycles. The molecule has 3 aromatic rings. The molecule has 180 valence electrons. The van der Waals surface area contributed by atoms with E-state index in [9.17, 15) is 0 Å². The molecule has 0 bridgehead atoms. The molecule has 0 saturated carbocycles. The van der Waals surface area contributed by atoms with Gasteiger partial charge in [0.05, 0.1) is 0 Å². The van der Waals surface area contributed by atoms with E-state index in [1.54, 1.807) is 0 Å². The van der Waals surface area contributed by atoms with Crippen molar-refractivity contribution in [2.75, 3.05) is 26.7 Å². The fraction of sp³-hybridized carbons (Fsp3) is 0.357. The molecule has 0 radical (unpaired) electrons.